The Bertz CT molecular complexity index is 588. The van der Waals surface area contributed by atoms with Gasteiger partial charge in [0.25, 0.3) is 0 Å². The van der Waals surface area contributed by atoms with Gasteiger partial charge in [0.1, 0.15) is 5.82 Å². The van der Waals surface area contributed by atoms with E-state index in [2.05, 4.69) is 15.2 Å². The standard InChI is InChI=1S/C18H27N3O3/c1-13-9-15(11-22)10-19-16(13)21-7-5-14(6-8-21)12-24-17(23)20-18(2,3)4/h9-11,14H,5-8,12H2,1-4H3,(H,20,23). The number of ether oxygens (including phenoxy) is 1. The molecule has 6 heteroatoms. The van der Waals surface area contributed by atoms with E-state index < -0.39 is 0 Å². The number of anilines is 1. The number of carbonyl (C=O) groups excluding carboxylic acids is 2. The minimum atomic E-state index is -0.355. The molecule has 0 unspecified atom stereocenters. The van der Waals surface area contributed by atoms with Gasteiger partial charge < -0.3 is 15.0 Å². The lowest BCUT2D eigenvalue weighted by Crippen LogP contribution is -2.42. The summed E-state index contributed by atoms with van der Waals surface area (Å²) in [4.78, 5) is 29.2. The van der Waals surface area contributed by atoms with Gasteiger partial charge in [0.15, 0.2) is 6.29 Å². The van der Waals surface area contributed by atoms with E-state index in [1.165, 1.54) is 0 Å². The van der Waals surface area contributed by atoms with Gasteiger partial charge in [0.05, 0.1) is 6.61 Å². The minimum absolute atomic E-state index is 0.280. The van der Waals surface area contributed by atoms with Crippen LogP contribution in [0.2, 0.25) is 0 Å². The highest BCUT2D eigenvalue weighted by atomic mass is 16.5. The largest absolute Gasteiger partial charge is 0.449 e. The van der Waals surface area contributed by atoms with Crippen LogP contribution in [0.1, 0.15) is 49.5 Å². The first-order valence-electron chi connectivity index (χ1n) is 8.40. The summed E-state index contributed by atoms with van der Waals surface area (Å²) < 4.78 is 5.33. The molecule has 1 amide bonds. The maximum Gasteiger partial charge on any atom is 0.407 e. The Hall–Kier alpha value is -2.11. The number of aryl methyl sites for hydroxylation is 1. The monoisotopic (exact) mass is 333 g/mol. The summed E-state index contributed by atoms with van der Waals surface area (Å²) in [5, 5.41) is 2.80. The SMILES string of the molecule is Cc1cc(C=O)cnc1N1CCC(COC(=O)NC(C)(C)C)CC1. The van der Waals surface area contributed by atoms with E-state index in [1.807, 2.05) is 33.8 Å². The number of alkyl carbamates (subject to hydrolysis) is 1. The number of carbonyl (C=O) groups is 2. The highest BCUT2D eigenvalue weighted by Gasteiger charge is 2.23. The van der Waals surface area contributed by atoms with E-state index in [-0.39, 0.29) is 11.6 Å². The highest BCUT2D eigenvalue weighted by molar-refractivity contribution is 5.75. The van der Waals surface area contributed by atoms with Gasteiger partial charge in [0, 0.05) is 30.4 Å². The molecule has 0 aromatic carbocycles. The van der Waals surface area contributed by atoms with Crippen LogP contribution < -0.4 is 10.2 Å². The van der Waals surface area contributed by atoms with Crippen LogP contribution >= 0.6 is 0 Å². The molecule has 1 fully saturated rings. The van der Waals surface area contributed by atoms with Crippen molar-refractivity contribution in [3.05, 3.63) is 23.4 Å². The molecule has 2 heterocycles. The number of aldehydes is 1. The van der Waals surface area contributed by atoms with Crippen molar-refractivity contribution < 1.29 is 14.3 Å². The third kappa shape index (κ3) is 5.22. The van der Waals surface area contributed by atoms with Crippen molar-refractivity contribution in [2.75, 3.05) is 24.6 Å². The quantitative estimate of drug-likeness (QED) is 0.858. The summed E-state index contributed by atoms with van der Waals surface area (Å²) in [7, 11) is 0. The van der Waals surface area contributed by atoms with Gasteiger partial charge in [0.2, 0.25) is 0 Å². The number of hydrogen-bond donors (Lipinski definition) is 1. The van der Waals surface area contributed by atoms with Gasteiger partial charge in [-0.05, 0) is 58.1 Å². The Morgan fingerprint density at radius 1 is 1.42 bits per heavy atom. The molecule has 0 atom stereocenters. The van der Waals surface area contributed by atoms with E-state index in [0.717, 1.165) is 43.6 Å². The molecule has 1 aromatic heterocycles. The van der Waals surface area contributed by atoms with Crippen molar-refractivity contribution in [1.29, 1.82) is 0 Å². The summed E-state index contributed by atoms with van der Waals surface area (Å²) in [5.41, 5.74) is 1.33. The number of pyridine rings is 1. The lowest BCUT2D eigenvalue weighted by molar-refractivity contribution is 0.111. The Labute approximate surface area is 143 Å². The molecule has 6 nitrogen and oxygen atoms in total. The Morgan fingerprint density at radius 2 is 2.08 bits per heavy atom. The Balaban J connectivity index is 1.81. The zero-order valence-electron chi connectivity index (χ0n) is 15.0. The molecule has 1 aromatic rings. The predicted molar refractivity (Wildman–Crippen MR) is 93.5 cm³/mol. The van der Waals surface area contributed by atoms with Crippen molar-refractivity contribution in [2.24, 2.45) is 5.92 Å². The number of piperidine rings is 1. The van der Waals surface area contributed by atoms with Gasteiger partial charge in [-0.1, -0.05) is 0 Å². The number of aromatic nitrogens is 1. The molecule has 132 valence electrons. The molecule has 24 heavy (non-hydrogen) atoms. The number of nitrogens with one attached hydrogen (secondary N) is 1. The molecule has 1 aliphatic rings. The van der Waals surface area contributed by atoms with Crippen LogP contribution in [-0.2, 0) is 4.74 Å². The Kier molecular flexibility index (Phi) is 5.80. The fourth-order valence-corrected chi connectivity index (χ4v) is 2.83. The minimum Gasteiger partial charge on any atom is -0.449 e. The molecule has 2 rings (SSSR count). The van der Waals surface area contributed by atoms with Crippen LogP contribution in [0.5, 0.6) is 0 Å². The summed E-state index contributed by atoms with van der Waals surface area (Å²) in [5.74, 6) is 1.31. The molecule has 0 radical (unpaired) electrons. The molecule has 0 spiro atoms. The van der Waals surface area contributed by atoms with Crippen molar-refractivity contribution in [3.8, 4) is 0 Å². The number of amides is 1. The van der Waals surface area contributed by atoms with Gasteiger partial charge in [-0.25, -0.2) is 9.78 Å². The van der Waals surface area contributed by atoms with Crippen LogP contribution in [0, 0.1) is 12.8 Å². The third-order valence-corrected chi connectivity index (χ3v) is 4.05. The van der Waals surface area contributed by atoms with Crippen LogP contribution in [0.25, 0.3) is 0 Å². The molecule has 0 saturated carbocycles. The van der Waals surface area contributed by atoms with Crippen molar-refractivity contribution in [3.63, 3.8) is 0 Å². The number of hydrogen-bond acceptors (Lipinski definition) is 5. The first kappa shape index (κ1) is 18.2. The number of rotatable bonds is 4. The molecular weight excluding hydrogens is 306 g/mol. The van der Waals surface area contributed by atoms with Gasteiger partial charge in [-0.2, -0.15) is 0 Å². The third-order valence-electron chi connectivity index (χ3n) is 4.05. The summed E-state index contributed by atoms with van der Waals surface area (Å²) in [6.45, 7) is 9.97. The maximum absolute atomic E-state index is 11.7. The zero-order chi connectivity index (χ0) is 17.7. The molecule has 1 saturated heterocycles. The second kappa shape index (κ2) is 7.64. The zero-order valence-corrected chi connectivity index (χ0v) is 15.0. The molecule has 0 aliphatic carbocycles. The summed E-state index contributed by atoms with van der Waals surface area (Å²) in [6.07, 6.45) is 3.99. The normalized spacial score (nSPS) is 15.9. The lowest BCUT2D eigenvalue weighted by atomic mass is 9.97. The smallest absolute Gasteiger partial charge is 0.407 e. The Morgan fingerprint density at radius 3 is 2.62 bits per heavy atom. The van der Waals surface area contributed by atoms with E-state index in [4.69, 9.17) is 4.74 Å². The van der Waals surface area contributed by atoms with E-state index in [1.54, 1.807) is 6.20 Å². The topological polar surface area (TPSA) is 71.5 Å². The fraction of sp³-hybridized carbons (Fsp3) is 0.611. The fourth-order valence-electron chi connectivity index (χ4n) is 2.83. The average molecular weight is 333 g/mol. The molecule has 0 bridgehead atoms. The second-order valence-electron chi connectivity index (χ2n) is 7.43. The van der Waals surface area contributed by atoms with E-state index in [0.29, 0.717) is 18.1 Å². The average Bonchev–Trinajstić information content (AvgIpc) is 2.52. The van der Waals surface area contributed by atoms with Gasteiger partial charge in [-0.15, -0.1) is 0 Å². The highest BCUT2D eigenvalue weighted by Crippen LogP contribution is 2.24. The van der Waals surface area contributed by atoms with E-state index >= 15 is 0 Å². The maximum atomic E-state index is 11.7. The second-order valence-corrected chi connectivity index (χ2v) is 7.43. The van der Waals surface area contributed by atoms with Crippen molar-refractivity contribution in [2.45, 2.75) is 46.1 Å². The van der Waals surface area contributed by atoms with Crippen LogP contribution in [0.15, 0.2) is 12.3 Å². The molecular formula is C18H27N3O3. The first-order valence-corrected chi connectivity index (χ1v) is 8.40. The van der Waals surface area contributed by atoms with Crippen molar-refractivity contribution in [1.82, 2.24) is 10.3 Å². The van der Waals surface area contributed by atoms with Crippen molar-refractivity contribution >= 4 is 18.2 Å². The number of nitrogens with zero attached hydrogens (tertiary/aromatic N) is 2. The predicted octanol–water partition coefficient (Wildman–Crippen LogP) is 2.94. The van der Waals surface area contributed by atoms with Crippen LogP contribution in [-0.4, -0.2) is 42.6 Å². The summed E-state index contributed by atoms with van der Waals surface area (Å²) in [6, 6.07) is 1.86. The van der Waals surface area contributed by atoms with Gasteiger partial charge in [-0.3, -0.25) is 4.79 Å². The summed E-state index contributed by atoms with van der Waals surface area (Å²) >= 11 is 0. The molecule has 1 aliphatic heterocycles. The van der Waals surface area contributed by atoms with Gasteiger partial charge >= 0.3 is 6.09 Å². The lowest BCUT2D eigenvalue weighted by Gasteiger charge is -2.33. The van der Waals surface area contributed by atoms with Crippen LogP contribution in [0.4, 0.5) is 10.6 Å². The molecule has 1 N–H and O–H groups in total. The van der Waals surface area contributed by atoms with Crippen LogP contribution in [0.3, 0.4) is 0 Å². The first-order chi connectivity index (χ1) is 11.3. The van der Waals surface area contributed by atoms with E-state index in [9.17, 15) is 9.59 Å².